The van der Waals surface area contributed by atoms with Gasteiger partial charge in [-0.15, -0.1) is 0 Å². The van der Waals surface area contributed by atoms with Gasteiger partial charge in [-0.25, -0.2) is 0 Å². The van der Waals surface area contributed by atoms with E-state index in [0.717, 1.165) is 36.8 Å². The lowest BCUT2D eigenvalue weighted by molar-refractivity contribution is -0.136. The summed E-state index contributed by atoms with van der Waals surface area (Å²) in [6.45, 7) is 3.35. The topological polar surface area (TPSA) is 38.8 Å². The lowest BCUT2D eigenvalue weighted by atomic mass is 9.65. The van der Waals surface area contributed by atoms with Crippen molar-refractivity contribution in [3.05, 3.63) is 35.4 Å². The number of rotatable bonds is 6. The van der Waals surface area contributed by atoms with Crippen LogP contribution in [0.3, 0.4) is 0 Å². The molecule has 4 nitrogen and oxygen atoms in total. The Morgan fingerprint density at radius 2 is 1.96 bits per heavy atom. The fraction of sp³-hybridized carbons (Fsp3) is 0.708. The number of hydrogen-bond donors (Lipinski definition) is 0. The van der Waals surface area contributed by atoms with E-state index in [2.05, 4.69) is 24.9 Å². The van der Waals surface area contributed by atoms with Crippen molar-refractivity contribution in [2.75, 3.05) is 20.7 Å². The van der Waals surface area contributed by atoms with Crippen molar-refractivity contribution in [3.63, 3.8) is 0 Å². The first-order valence-corrected chi connectivity index (χ1v) is 11.0. The summed E-state index contributed by atoms with van der Waals surface area (Å²) in [7, 11) is 4.15. The molecule has 28 heavy (non-hydrogen) atoms. The Balaban J connectivity index is 1.58. The lowest BCUT2D eigenvalue weighted by Crippen LogP contribution is -2.52. The number of carbonyl (C=O) groups excluding carboxylic acids is 1. The zero-order valence-electron chi connectivity index (χ0n) is 17.6. The van der Waals surface area contributed by atoms with Crippen LogP contribution in [0, 0.1) is 11.8 Å². The fourth-order valence-corrected chi connectivity index (χ4v) is 6.28. The van der Waals surface area contributed by atoms with E-state index in [9.17, 15) is 4.79 Å². The highest BCUT2D eigenvalue weighted by atomic mass is 16.5. The van der Waals surface area contributed by atoms with Crippen molar-refractivity contribution in [3.8, 4) is 0 Å². The Bertz CT molecular complexity index is 680. The molecule has 2 saturated heterocycles. The molecule has 154 valence electrons. The molecule has 1 aromatic carbocycles. The maximum absolute atomic E-state index is 11.4. The molecule has 0 radical (unpaired) electrons. The molecule has 3 fully saturated rings. The zero-order valence-corrected chi connectivity index (χ0v) is 17.6. The van der Waals surface area contributed by atoms with E-state index in [1.807, 2.05) is 25.3 Å². The molecule has 1 aliphatic carbocycles. The second kappa shape index (κ2) is 8.25. The number of benzene rings is 1. The highest BCUT2D eigenvalue weighted by Gasteiger charge is 2.48. The summed E-state index contributed by atoms with van der Waals surface area (Å²) < 4.78 is 12.4. The number of hydrogen-bond acceptors (Lipinski definition) is 4. The standard InChI is InChI=1S/C24H35NO3/c1-17-6-4-9-20(15-25(2)21-13-22-10-11-23(14-21)28-22)24(17,27-3)19-8-5-7-18(12-19)16-26/h5,7-8,12,16-17,20-23H,4,6,9-11,13-15H2,1-3H3. The van der Waals surface area contributed by atoms with Crippen molar-refractivity contribution in [1.82, 2.24) is 4.90 Å². The molecule has 3 aliphatic rings. The SMILES string of the molecule is COC1(c2cccc(C=O)c2)C(C)CCCC1CN(C)C1CC2CCC(C1)O2. The summed E-state index contributed by atoms with van der Waals surface area (Å²) in [5.41, 5.74) is 1.58. The van der Waals surface area contributed by atoms with Gasteiger partial charge in [-0.2, -0.15) is 0 Å². The third-order valence-corrected chi connectivity index (χ3v) is 7.74. The molecular weight excluding hydrogens is 350 g/mol. The van der Waals surface area contributed by atoms with E-state index in [0.29, 0.717) is 30.1 Å². The summed E-state index contributed by atoms with van der Waals surface area (Å²) >= 11 is 0. The number of ether oxygens (including phenoxy) is 2. The lowest BCUT2D eigenvalue weighted by Gasteiger charge is -2.50. The van der Waals surface area contributed by atoms with Crippen LogP contribution in [0.1, 0.15) is 67.8 Å². The number of nitrogens with zero attached hydrogens (tertiary/aromatic N) is 1. The Morgan fingerprint density at radius 3 is 2.64 bits per heavy atom. The van der Waals surface area contributed by atoms with E-state index in [-0.39, 0.29) is 5.60 Å². The smallest absolute Gasteiger partial charge is 0.150 e. The van der Waals surface area contributed by atoms with Gasteiger partial charge >= 0.3 is 0 Å². The maximum atomic E-state index is 11.4. The first-order chi connectivity index (χ1) is 13.6. The van der Waals surface area contributed by atoms with Crippen LogP contribution in [0.5, 0.6) is 0 Å². The van der Waals surface area contributed by atoms with Crippen molar-refractivity contribution in [1.29, 1.82) is 0 Å². The molecule has 4 heteroatoms. The van der Waals surface area contributed by atoms with E-state index in [1.54, 1.807) is 0 Å². The van der Waals surface area contributed by atoms with Crippen LogP contribution in [0.4, 0.5) is 0 Å². The van der Waals surface area contributed by atoms with Crippen LogP contribution >= 0.6 is 0 Å². The van der Waals surface area contributed by atoms with Crippen LogP contribution in [0.15, 0.2) is 24.3 Å². The average Bonchev–Trinajstić information content (AvgIpc) is 3.06. The fourth-order valence-electron chi connectivity index (χ4n) is 6.28. The molecule has 0 amide bonds. The molecular formula is C24H35NO3. The first-order valence-electron chi connectivity index (χ1n) is 11.0. The highest BCUT2D eigenvalue weighted by molar-refractivity contribution is 5.75. The van der Waals surface area contributed by atoms with Crippen LogP contribution in [-0.2, 0) is 15.1 Å². The van der Waals surface area contributed by atoms with Gasteiger partial charge in [0.15, 0.2) is 0 Å². The molecule has 5 unspecified atom stereocenters. The molecule has 1 aromatic rings. The van der Waals surface area contributed by atoms with E-state index >= 15 is 0 Å². The minimum Gasteiger partial charge on any atom is -0.375 e. The van der Waals surface area contributed by atoms with Crippen molar-refractivity contribution >= 4 is 6.29 Å². The molecule has 2 bridgehead atoms. The quantitative estimate of drug-likeness (QED) is 0.680. The van der Waals surface area contributed by atoms with Crippen LogP contribution in [-0.4, -0.2) is 50.1 Å². The molecule has 4 rings (SSSR count). The molecule has 0 spiro atoms. The normalized spacial score (nSPS) is 37.9. The van der Waals surface area contributed by atoms with Gasteiger partial charge < -0.3 is 14.4 Å². The van der Waals surface area contributed by atoms with Crippen molar-refractivity contribution < 1.29 is 14.3 Å². The van der Waals surface area contributed by atoms with Gasteiger partial charge in [0, 0.05) is 31.2 Å². The highest BCUT2D eigenvalue weighted by Crippen LogP contribution is 2.49. The van der Waals surface area contributed by atoms with Crippen LogP contribution < -0.4 is 0 Å². The van der Waals surface area contributed by atoms with E-state index in [1.165, 1.54) is 32.1 Å². The van der Waals surface area contributed by atoms with Gasteiger partial charge in [-0.05, 0) is 63.1 Å². The average molecular weight is 386 g/mol. The van der Waals surface area contributed by atoms with Gasteiger partial charge in [0.2, 0.25) is 0 Å². The number of carbonyl (C=O) groups is 1. The second-order valence-electron chi connectivity index (χ2n) is 9.29. The van der Waals surface area contributed by atoms with Crippen LogP contribution in [0.25, 0.3) is 0 Å². The summed E-state index contributed by atoms with van der Waals surface area (Å²) in [4.78, 5) is 14.0. The third kappa shape index (κ3) is 3.55. The molecule has 0 N–H and O–H groups in total. The molecule has 1 saturated carbocycles. The number of methoxy groups -OCH3 is 1. The Kier molecular flexibility index (Phi) is 5.91. The Hall–Kier alpha value is -1.23. The van der Waals surface area contributed by atoms with Crippen LogP contribution in [0.2, 0.25) is 0 Å². The molecule has 2 heterocycles. The largest absolute Gasteiger partial charge is 0.375 e. The van der Waals surface area contributed by atoms with Gasteiger partial charge in [0.05, 0.1) is 17.8 Å². The van der Waals surface area contributed by atoms with Gasteiger partial charge in [-0.1, -0.05) is 31.5 Å². The predicted octanol–water partition coefficient (Wildman–Crippen LogP) is 4.42. The minimum atomic E-state index is -0.324. The third-order valence-electron chi connectivity index (χ3n) is 7.74. The van der Waals surface area contributed by atoms with Crippen molar-refractivity contribution in [2.24, 2.45) is 11.8 Å². The Labute approximate surface area is 169 Å². The van der Waals surface area contributed by atoms with Crippen molar-refractivity contribution in [2.45, 2.75) is 75.7 Å². The zero-order chi connectivity index (χ0) is 19.7. The molecule has 0 aromatic heterocycles. The summed E-state index contributed by atoms with van der Waals surface area (Å²) in [6, 6.07) is 8.68. The van der Waals surface area contributed by atoms with Gasteiger partial charge in [0.25, 0.3) is 0 Å². The maximum Gasteiger partial charge on any atom is 0.150 e. The summed E-state index contributed by atoms with van der Waals surface area (Å²) in [6.07, 6.45) is 10.2. The first kappa shape index (κ1) is 20.1. The summed E-state index contributed by atoms with van der Waals surface area (Å²) in [5.74, 6) is 0.853. The second-order valence-corrected chi connectivity index (χ2v) is 9.29. The summed E-state index contributed by atoms with van der Waals surface area (Å²) in [5, 5.41) is 0. The van der Waals surface area contributed by atoms with Gasteiger partial charge in [-0.3, -0.25) is 4.79 Å². The molecule has 2 aliphatic heterocycles. The number of fused-ring (bicyclic) bond motifs is 2. The minimum absolute atomic E-state index is 0.324. The monoisotopic (exact) mass is 385 g/mol. The Morgan fingerprint density at radius 1 is 1.21 bits per heavy atom. The van der Waals surface area contributed by atoms with E-state index < -0.39 is 0 Å². The molecule has 5 atom stereocenters. The predicted molar refractivity (Wildman–Crippen MR) is 111 cm³/mol. The number of aldehydes is 1. The van der Waals surface area contributed by atoms with Gasteiger partial charge in [0.1, 0.15) is 6.29 Å². The van der Waals surface area contributed by atoms with E-state index in [4.69, 9.17) is 9.47 Å².